The molecule has 3 radical (unpaired) electrons. The summed E-state index contributed by atoms with van der Waals surface area (Å²) in [6.07, 6.45) is 0. The molecule has 0 unspecified atom stereocenters. The monoisotopic (exact) mass is 399 g/mol. The first-order valence-electron chi connectivity index (χ1n) is 0. The quantitative estimate of drug-likeness (QED) is 0.471. The van der Waals surface area contributed by atoms with Crippen molar-refractivity contribution in [3.05, 3.63) is 0 Å². The molecule has 23 valence electrons. The molecule has 0 aliphatic rings. The molecular weight excluding hydrogens is 397 g/mol. The van der Waals surface area contributed by atoms with Gasteiger partial charge in [-0.15, -0.1) is 0 Å². The molecule has 0 aromatic heterocycles. The third-order valence-corrected chi connectivity index (χ3v) is 0. The Bertz CT molecular complexity index is 13.5. The third-order valence-electron chi connectivity index (χ3n) is 0. The Labute approximate surface area is 99.5 Å². The zero-order valence-electron chi connectivity index (χ0n) is 3.31. The minimum absolute atomic E-state index is 0. The Kier molecular flexibility index (Phi) is 499. The molecule has 6 heteroatoms. The van der Waals surface area contributed by atoms with E-state index in [1.165, 1.54) is 0 Å². The van der Waals surface area contributed by atoms with E-state index >= 15 is 0 Å². The molecule has 0 aromatic rings. The summed E-state index contributed by atoms with van der Waals surface area (Å²) in [6, 6.07) is 0. The van der Waals surface area contributed by atoms with Gasteiger partial charge in [-0.3, -0.25) is 0 Å². The van der Waals surface area contributed by atoms with Crippen LogP contribution in [-0.4, -0.2) is 43.4 Å². The molecule has 0 saturated carbocycles. The predicted octanol–water partition coefficient (Wildman–Crippen LogP) is -1.00. The Balaban J connectivity index is 0. The maximum absolute atomic E-state index is 0. The minimum atomic E-state index is 0. The molecule has 2 nitrogen and oxygen atoms in total. The predicted molar refractivity (Wildman–Crippen MR) is 12.9 cm³/mol. The van der Waals surface area contributed by atoms with E-state index in [-0.39, 0.29) is 101 Å². The number of rotatable bonds is 0. The van der Waals surface area contributed by atoms with E-state index in [9.17, 15) is 0 Å². The first-order valence-corrected chi connectivity index (χ1v) is 0. The smallest absolute Gasteiger partial charge is 2.00 e. The standard InChI is InChI=1S/Cd.Ge.In.2O.Zn/q;+4;;2*-2;. The maximum atomic E-state index is 0. The largest absolute Gasteiger partial charge is 4.00 e. The zero-order chi connectivity index (χ0) is 0. The van der Waals surface area contributed by atoms with Crippen molar-refractivity contribution in [2.24, 2.45) is 0 Å². The molecule has 0 fully saturated rings. The van der Waals surface area contributed by atoms with E-state index in [0.29, 0.717) is 0 Å². The molecule has 6 heavy (non-hydrogen) atoms. The summed E-state index contributed by atoms with van der Waals surface area (Å²) in [5.74, 6) is 0. The maximum Gasteiger partial charge on any atom is 4.00 e. The Morgan fingerprint density at radius 1 is 0.833 bits per heavy atom. The molecule has 0 amide bonds. The van der Waals surface area contributed by atoms with Gasteiger partial charge >= 0.3 is 17.6 Å². The van der Waals surface area contributed by atoms with E-state index in [1.54, 1.807) is 0 Å². The van der Waals surface area contributed by atoms with Crippen molar-refractivity contribution in [1.82, 2.24) is 0 Å². The van der Waals surface area contributed by atoms with Crippen LogP contribution >= 0.6 is 0 Å². The van der Waals surface area contributed by atoms with E-state index in [0.717, 1.165) is 0 Å². The molecule has 0 aromatic carbocycles. The second-order valence-corrected chi connectivity index (χ2v) is 0. The molecule has 0 rings (SSSR count). The fourth-order valence-corrected chi connectivity index (χ4v) is 0. The Morgan fingerprint density at radius 2 is 0.833 bits per heavy atom. The molecule has 0 heterocycles. The SMILES string of the molecule is [Cd].[Ge+4].[In].[O-2].[O-2].[Zn]. The van der Waals surface area contributed by atoms with Crippen molar-refractivity contribution in [3.8, 4) is 0 Å². The molecule has 0 bridgehead atoms. The first-order chi connectivity index (χ1) is 0. The van der Waals surface area contributed by atoms with Crippen LogP contribution in [0.25, 0.3) is 0 Å². The van der Waals surface area contributed by atoms with Gasteiger partial charge in [0.2, 0.25) is 0 Å². The summed E-state index contributed by atoms with van der Waals surface area (Å²) in [7, 11) is 0. The van der Waals surface area contributed by atoms with Crippen LogP contribution in [0.5, 0.6) is 0 Å². The van der Waals surface area contributed by atoms with Crippen LogP contribution < -0.4 is 0 Å². The second kappa shape index (κ2) is 45.0. The van der Waals surface area contributed by atoms with Crippen LogP contribution in [0.4, 0.5) is 0 Å². The Morgan fingerprint density at radius 3 is 0.833 bits per heavy atom. The van der Waals surface area contributed by atoms with Gasteiger partial charge in [-0.1, -0.05) is 0 Å². The van der Waals surface area contributed by atoms with Gasteiger partial charge in [0, 0.05) is 72.6 Å². The van der Waals surface area contributed by atoms with Gasteiger partial charge in [-0.2, -0.15) is 0 Å². The van der Waals surface area contributed by atoms with Crippen LogP contribution in [0.1, 0.15) is 0 Å². The van der Waals surface area contributed by atoms with Crippen LogP contribution in [0.3, 0.4) is 0 Å². The minimum Gasteiger partial charge on any atom is -2.00 e. The van der Waals surface area contributed by atoms with Gasteiger partial charge in [0.15, 0.2) is 0 Å². The fourth-order valence-electron chi connectivity index (χ4n) is 0. The van der Waals surface area contributed by atoms with Crippen LogP contribution in [-0.2, 0) is 57.7 Å². The van der Waals surface area contributed by atoms with Gasteiger partial charge in [0.05, 0.1) is 0 Å². The molecule has 0 aliphatic carbocycles. The van der Waals surface area contributed by atoms with Gasteiger partial charge < -0.3 is 11.0 Å². The number of hydrogen-bond acceptors (Lipinski definition) is 0. The van der Waals surface area contributed by atoms with Crippen molar-refractivity contribution in [3.63, 3.8) is 0 Å². The van der Waals surface area contributed by atoms with Gasteiger partial charge in [-0.25, -0.2) is 0 Å². The van der Waals surface area contributed by atoms with Crippen LogP contribution in [0.15, 0.2) is 0 Å². The van der Waals surface area contributed by atoms with Gasteiger partial charge in [0.1, 0.15) is 0 Å². The van der Waals surface area contributed by atoms with E-state index in [4.69, 9.17) is 0 Å². The van der Waals surface area contributed by atoms with Crippen LogP contribution in [0, 0.1) is 0 Å². The van der Waals surface area contributed by atoms with Crippen LogP contribution in [0.2, 0.25) is 0 Å². The fraction of sp³-hybridized carbons (Fsp3) is 0. The molecular formula is CdGeInO2Zn. The van der Waals surface area contributed by atoms with Crippen molar-refractivity contribution >= 4 is 43.4 Å². The molecule has 0 aliphatic heterocycles. The number of hydrogen-bond donors (Lipinski definition) is 0. The third kappa shape index (κ3) is 28.7. The van der Waals surface area contributed by atoms with Crippen molar-refractivity contribution in [2.75, 3.05) is 0 Å². The summed E-state index contributed by atoms with van der Waals surface area (Å²) in [6.45, 7) is 0. The summed E-state index contributed by atoms with van der Waals surface area (Å²) < 4.78 is 0. The topological polar surface area (TPSA) is 57.0 Å². The molecule has 0 spiro atoms. The van der Waals surface area contributed by atoms with Crippen molar-refractivity contribution in [1.29, 1.82) is 0 Å². The van der Waals surface area contributed by atoms with Gasteiger partial charge in [0.25, 0.3) is 0 Å². The molecule has 0 saturated heterocycles. The summed E-state index contributed by atoms with van der Waals surface area (Å²) in [5, 5.41) is 0. The van der Waals surface area contributed by atoms with Gasteiger partial charge in [-0.05, 0) is 0 Å². The summed E-state index contributed by atoms with van der Waals surface area (Å²) in [5.41, 5.74) is 0. The van der Waals surface area contributed by atoms with E-state index in [1.807, 2.05) is 0 Å². The summed E-state index contributed by atoms with van der Waals surface area (Å²) in [4.78, 5) is 0. The second-order valence-electron chi connectivity index (χ2n) is 0. The molecule has 0 atom stereocenters. The summed E-state index contributed by atoms with van der Waals surface area (Å²) >= 11 is 0. The van der Waals surface area contributed by atoms with E-state index < -0.39 is 0 Å². The normalized spacial score (nSPS) is 0. The average Bonchev–Trinajstić information content (AvgIpc) is 0. The van der Waals surface area contributed by atoms with Crippen molar-refractivity contribution in [2.45, 2.75) is 0 Å². The average molecular weight is 397 g/mol. The Hall–Kier alpha value is 2.88. The van der Waals surface area contributed by atoms with E-state index in [2.05, 4.69) is 0 Å². The molecule has 0 N–H and O–H groups in total. The van der Waals surface area contributed by atoms with Crippen molar-refractivity contribution < 1.29 is 57.7 Å². The zero-order valence-corrected chi connectivity index (χ0v) is 15.7. The first kappa shape index (κ1) is 66.5.